The standard InChI is InChI=1S/C10H13BrClNS/c1-7-8(11)4-5-9(13-7)14-10(2,3)6-12/h4-5H,6H2,1-3H3. The third-order valence-corrected chi connectivity index (χ3v) is 4.50. The van der Waals surface area contributed by atoms with Gasteiger partial charge in [0.25, 0.3) is 0 Å². The van der Waals surface area contributed by atoms with Crippen LogP contribution < -0.4 is 0 Å². The smallest absolute Gasteiger partial charge is 0.0969 e. The van der Waals surface area contributed by atoms with Crippen molar-refractivity contribution in [1.82, 2.24) is 4.98 Å². The molecule has 0 spiro atoms. The molecule has 0 atom stereocenters. The van der Waals surface area contributed by atoms with E-state index in [1.165, 1.54) is 0 Å². The van der Waals surface area contributed by atoms with E-state index in [4.69, 9.17) is 11.6 Å². The predicted octanol–water partition coefficient (Wildman–Crippen LogP) is 4.26. The molecule has 0 aliphatic rings. The highest BCUT2D eigenvalue weighted by Gasteiger charge is 2.18. The number of alkyl halides is 1. The number of aryl methyl sites for hydroxylation is 1. The molecule has 0 aromatic carbocycles. The van der Waals surface area contributed by atoms with Crippen LogP contribution >= 0.6 is 39.3 Å². The molecule has 14 heavy (non-hydrogen) atoms. The van der Waals surface area contributed by atoms with E-state index in [-0.39, 0.29) is 4.75 Å². The second-order valence-corrected chi connectivity index (χ2v) is 6.56. The molecule has 0 bridgehead atoms. The van der Waals surface area contributed by atoms with Crippen molar-refractivity contribution in [3.8, 4) is 0 Å². The molecule has 4 heteroatoms. The number of hydrogen-bond donors (Lipinski definition) is 0. The minimum Gasteiger partial charge on any atom is -0.246 e. The molecular weight excluding hydrogens is 282 g/mol. The number of hydrogen-bond acceptors (Lipinski definition) is 2. The van der Waals surface area contributed by atoms with Gasteiger partial charge in [0, 0.05) is 15.1 Å². The number of rotatable bonds is 3. The Morgan fingerprint density at radius 2 is 2.14 bits per heavy atom. The van der Waals surface area contributed by atoms with Crippen molar-refractivity contribution in [3.05, 3.63) is 22.3 Å². The lowest BCUT2D eigenvalue weighted by Gasteiger charge is -2.19. The molecule has 0 aliphatic heterocycles. The number of aromatic nitrogens is 1. The molecule has 1 rings (SSSR count). The summed E-state index contributed by atoms with van der Waals surface area (Å²) in [5.74, 6) is 0.620. The fraction of sp³-hybridized carbons (Fsp3) is 0.500. The predicted molar refractivity (Wildman–Crippen MR) is 67.3 cm³/mol. The molecule has 1 aromatic rings. The fourth-order valence-electron chi connectivity index (χ4n) is 0.888. The summed E-state index contributed by atoms with van der Waals surface area (Å²) in [7, 11) is 0. The van der Waals surface area contributed by atoms with Crippen molar-refractivity contribution in [1.29, 1.82) is 0 Å². The Balaban J connectivity index is 2.83. The molecule has 0 fully saturated rings. The number of nitrogens with zero attached hydrogens (tertiary/aromatic N) is 1. The van der Waals surface area contributed by atoms with Gasteiger partial charge in [-0.25, -0.2) is 4.98 Å². The van der Waals surface area contributed by atoms with Crippen LogP contribution in [-0.2, 0) is 0 Å². The quantitative estimate of drug-likeness (QED) is 0.610. The zero-order valence-corrected chi connectivity index (χ0v) is 11.6. The van der Waals surface area contributed by atoms with E-state index in [0.717, 1.165) is 15.2 Å². The lowest BCUT2D eigenvalue weighted by molar-refractivity contribution is 0.806. The van der Waals surface area contributed by atoms with Gasteiger partial charge >= 0.3 is 0 Å². The summed E-state index contributed by atoms with van der Waals surface area (Å²) >= 11 is 11.0. The summed E-state index contributed by atoms with van der Waals surface area (Å²) in [6.45, 7) is 6.22. The first kappa shape index (κ1) is 12.3. The Morgan fingerprint density at radius 3 is 2.64 bits per heavy atom. The molecule has 0 unspecified atom stereocenters. The van der Waals surface area contributed by atoms with Crippen LogP contribution in [0.5, 0.6) is 0 Å². The Kier molecular flexibility index (Phi) is 4.29. The van der Waals surface area contributed by atoms with Crippen molar-refractivity contribution in [3.63, 3.8) is 0 Å². The van der Waals surface area contributed by atoms with E-state index >= 15 is 0 Å². The fourth-order valence-corrected chi connectivity index (χ4v) is 2.21. The monoisotopic (exact) mass is 293 g/mol. The van der Waals surface area contributed by atoms with E-state index in [1.54, 1.807) is 11.8 Å². The zero-order chi connectivity index (χ0) is 10.8. The highest BCUT2D eigenvalue weighted by Crippen LogP contribution is 2.32. The van der Waals surface area contributed by atoms with Gasteiger partial charge in [0.2, 0.25) is 0 Å². The van der Waals surface area contributed by atoms with Crippen LogP contribution in [-0.4, -0.2) is 15.6 Å². The molecule has 0 N–H and O–H groups in total. The average molecular weight is 295 g/mol. The van der Waals surface area contributed by atoms with Crippen molar-refractivity contribution in [2.45, 2.75) is 30.5 Å². The highest BCUT2D eigenvalue weighted by molar-refractivity contribution is 9.10. The van der Waals surface area contributed by atoms with E-state index in [1.807, 2.05) is 19.1 Å². The van der Waals surface area contributed by atoms with E-state index in [2.05, 4.69) is 34.8 Å². The molecule has 0 aliphatic carbocycles. The summed E-state index contributed by atoms with van der Waals surface area (Å²) < 4.78 is 1.08. The summed E-state index contributed by atoms with van der Waals surface area (Å²) in [5, 5.41) is 1.02. The van der Waals surface area contributed by atoms with Crippen LogP contribution in [0.25, 0.3) is 0 Å². The van der Waals surface area contributed by atoms with Gasteiger partial charge in [0.1, 0.15) is 0 Å². The van der Waals surface area contributed by atoms with Crippen LogP contribution in [0.3, 0.4) is 0 Å². The third kappa shape index (κ3) is 3.44. The third-order valence-electron chi connectivity index (χ3n) is 1.70. The van der Waals surface area contributed by atoms with Gasteiger partial charge in [0.15, 0.2) is 0 Å². The molecule has 1 nitrogen and oxygen atoms in total. The van der Waals surface area contributed by atoms with Gasteiger partial charge in [-0.2, -0.15) is 0 Å². The lowest BCUT2D eigenvalue weighted by atomic mass is 10.2. The normalized spacial score (nSPS) is 11.8. The first-order valence-corrected chi connectivity index (χ1v) is 6.47. The number of halogens is 2. The van der Waals surface area contributed by atoms with Crippen LogP contribution in [0.1, 0.15) is 19.5 Å². The second kappa shape index (κ2) is 4.86. The van der Waals surface area contributed by atoms with E-state index in [0.29, 0.717) is 5.88 Å². The van der Waals surface area contributed by atoms with Crippen molar-refractivity contribution in [2.24, 2.45) is 0 Å². The zero-order valence-electron chi connectivity index (χ0n) is 8.47. The van der Waals surface area contributed by atoms with Crippen molar-refractivity contribution < 1.29 is 0 Å². The van der Waals surface area contributed by atoms with Gasteiger partial charge in [-0.15, -0.1) is 11.6 Å². The van der Waals surface area contributed by atoms with Gasteiger partial charge < -0.3 is 0 Å². The topological polar surface area (TPSA) is 12.9 Å². The van der Waals surface area contributed by atoms with Crippen LogP contribution in [0, 0.1) is 6.92 Å². The van der Waals surface area contributed by atoms with Gasteiger partial charge in [-0.3, -0.25) is 0 Å². The molecule has 0 amide bonds. The summed E-state index contributed by atoms with van der Waals surface area (Å²) in [4.78, 5) is 4.46. The molecule has 0 saturated carbocycles. The average Bonchev–Trinajstić information content (AvgIpc) is 2.11. The van der Waals surface area contributed by atoms with Crippen molar-refractivity contribution >= 4 is 39.3 Å². The summed E-state index contributed by atoms with van der Waals surface area (Å²) in [6.07, 6.45) is 0. The van der Waals surface area contributed by atoms with Gasteiger partial charge in [0.05, 0.1) is 10.7 Å². The number of thioether (sulfide) groups is 1. The molecule has 78 valence electrons. The maximum absolute atomic E-state index is 5.86. The minimum atomic E-state index is 0.0365. The summed E-state index contributed by atoms with van der Waals surface area (Å²) in [6, 6.07) is 4.03. The highest BCUT2D eigenvalue weighted by atomic mass is 79.9. The van der Waals surface area contributed by atoms with E-state index < -0.39 is 0 Å². The first-order chi connectivity index (χ1) is 6.44. The molecule has 0 radical (unpaired) electrons. The van der Waals surface area contributed by atoms with Crippen LogP contribution in [0.4, 0.5) is 0 Å². The summed E-state index contributed by atoms with van der Waals surface area (Å²) in [5.41, 5.74) is 1.01. The second-order valence-electron chi connectivity index (χ2n) is 3.71. The molecule has 1 heterocycles. The van der Waals surface area contributed by atoms with E-state index in [9.17, 15) is 0 Å². The number of pyridine rings is 1. The minimum absolute atomic E-state index is 0.0365. The van der Waals surface area contributed by atoms with Crippen LogP contribution in [0.2, 0.25) is 0 Å². The maximum Gasteiger partial charge on any atom is 0.0969 e. The van der Waals surface area contributed by atoms with Gasteiger partial charge in [-0.1, -0.05) is 11.8 Å². The van der Waals surface area contributed by atoms with Crippen molar-refractivity contribution in [2.75, 3.05) is 5.88 Å². The first-order valence-electron chi connectivity index (χ1n) is 4.33. The Morgan fingerprint density at radius 1 is 1.50 bits per heavy atom. The largest absolute Gasteiger partial charge is 0.246 e. The Hall–Kier alpha value is 0.270. The molecular formula is C10H13BrClNS. The Bertz CT molecular complexity index is 328. The SMILES string of the molecule is Cc1nc(SC(C)(C)CCl)ccc1Br. The molecule has 1 aromatic heterocycles. The Labute approximate surface area is 103 Å². The maximum atomic E-state index is 5.86. The lowest BCUT2D eigenvalue weighted by Crippen LogP contribution is -2.16. The molecule has 0 saturated heterocycles. The van der Waals surface area contributed by atoms with Crippen LogP contribution in [0.15, 0.2) is 21.6 Å². The van der Waals surface area contributed by atoms with Gasteiger partial charge in [-0.05, 0) is 48.8 Å².